The number of hydrogen-bond acceptors (Lipinski definition) is 6. The first-order valence-electron chi connectivity index (χ1n) is 8.21. The number of aromatic nitrogens is 3. The number of rotatable bonds is 4. The van der Waals surface area contributed by atoms with Crippen molar-refractivity contribution in [2.75, 3.05) is 31.1 Å². The molecule has 0 unspecified atom stereocenters. The fourth-order valence-electron chi connectivity index (χ4n) is 3.08. The first-order chi connectivity index (χ1) is 12.6. The normalized spacial score (nSPS) is 15.9. The summed E-state index contributed by atoms with van der Waals surface area (Å²) < 4.78 is 44.0. The van der Waals surface area contributed by atoms with E-state index in [1.54, 1.807) is 6.07 Å². The molecule has 136 valence electrons. The number of piperazine rings is 1. The van der Waals surface area contributed by atoms with Crippen molar-refractivity contribution in [1.29, 1.82) is 0 Å². The smallest absolute Gasteiger partial charge is 0.280 e. The van der Waals surface area contributed by atoms with Gasteiger partial charge in [-0.05, 0) is 12.1 Å². The van der Waals surface area contributed by atoms with Gasteiger partial charge in [-0.15, -0.1) is 0 Å². The van der Waals surface area contributed by atoms with Gasteiger partial charge >= 0.3 is 0 Å². The zero-order chi connectivity index (χ0) is 18.1. The Hall–Kier alpha value is -2.68. The number of alkyl halides is 2. The van der Waals surface area contributed by atoms with Crippen molar-refractivity contribution < 1.29 is 17.7 Å². The maximum Gasteiger partial charge on any atom is 0.280 e. The Morgan fingerprint density at radius 2 is 1.88 bits per heavy atom. The average Bonchev–Trinajstić information content (AvgIpc) is 3.04. The first kappa shape index (κ1) is 16.8. The van der Waals surface area contributed by atoms with Gasteiger partial charge in [0.2, 0.25) is 0 Å². The van der Waals surface area contributed by atoms with Crippen LogP contribution in [0.4, 0.5) is 19.0 Å². The van der Waals surface area contributed by atoms with Gasteiger partial charge in [-0.25, -0.2) is 23.1 Å². The molecule has 3 heterocycles. The lowest BCUT2D eigenvalue weighted by Gasteiger charge is -2.35. The van der Waals surface area contributed by atoms with E-state index in [9.17, 15) is 13.2 Å². The highest BCUT2D eigenvalue weighted by atomic mass is 19.3. The summed E-state index contributed by atoms with van der Waals surface area (Å²) in [4.78, 5) is 11.8. The molecule has 0 aliphatic carbocycles. The van der Waals surface area contributed by atoms with Gasteiger partial charge < -0.3 is 9.42 Å². The van der Waals surface area contributed by atoms with Crippen molar-refractivity contribution in [2.45, 2.75) is 13.0 Å². The highest BCUT2D eigenvalue weighted by molar-refractivity contribution is 5.79. The van der Waals surface area contributed by atoms with Crippen molar-refractivity contribution in [3.63, 3.8) is 0 Å². The third-order valence-corrected chi connectivity index (χ3v) is 4.48. The molecule has 0 spiro atoms. The summed E-state index contributed by atoms with van der Waals surface area (Å²) in [5, 5.41) is 4.84. The van der Waals surface area contributed by atoms with Crippen LogP contribution >= 0.6 is 0 Å². The van der Waals surface area contributed by atoms with Gasteiger partial charge in [0.1, 0.15) is 29.4 Å². The summed E-state index contributed by atoms with van der Waals surface area (Å²) in [6.45, 7) is 3.35. The summed E-state index contributed by atoms with van der Waals surface area (Å²) >= 11 is 0. The Morgan fingerprint density at radius 1 is 1.08 bits per heavy atom. The Labute approximate surface area is 147 Å². The van der Waals surface area contributed by atoms with Crippen molar-refractivity contribution in [3.8, 4) is 0 Å². The summed E-state index contributed by atoms with van der Waals surface area (Å²) in [5.41, 5.74) is 0.924. The fraction of sp³-hybridized carbons (Fsp3) is 0.353. The van der Waals surface area contributed by atoms with E-state index in [0.717, 1.165) is 24.2 Å². The summed E-state index contributed by atoms with van der Waals surface area (Å²) in [6.07, 6.45) is -1.44. The molecule has 3 aromatic rings. The summed E-state index contributed by atoms with van der Waals surface area (Å²) in [6, 6.07) is 5.70. The first-order valence-corrected chi connectivity index (χ1v) is 8.21. The monoisotopic (exact) mass is 363 g/mol. The minimum atomic E-state index is -2.61. The van der Waals surface area contributed by atoms with Crippen LogP contribution < -0.4 is 4.90 Å². The predicted molar refractivity (Wildman–Crippen MR) is 88.4 cm³/mol. The second-order valence-corrected chi connectivity index (χ2v) is 6.13. The average molecular weight is 363 g/mol. The lowest BCUT2D eigenvalue weighted by atomic mass is 10.2. The van der Waals surface area contributed by atoms with Crippen molar-refractivity contribution >= 4 is 16.8 Å². The number of halogens is 3. The molecule has 1 aromatic carbocycles. The maximum absolute atomic E-state index is 13.2. The van der Waals surface area contributed by atoms with Gasteiger partial charge in [-0.3, -0.25) is 4.90 Å². The third-order valence-electron chi connectivity index (χ3n) is 4.48. The molecule has 0 saturated carbocycles. The SMILES string of the molecule is Fc1ccc2c(CN3CCN(c4cc(C(F)F)ncn4)CC3)noc2c1. The number of anilines is 1. The van der Waals surface area contributed by atoms with Crippen LogP contribution in [0, 0.1) is 5.82 Å². The molecule has 4 rings (SSSR count). The van der Waals surface area contributed by atoms with Gasteiger partial charge in [0, 0.05) is 50.2 Å². The molecule has 2 aromatic heterocycles. The zero-order valence-electron chi connectivity index (χ0n) is 13.8. The number of fused-ring (bicyclic) bond motifs is 1. The lowest BCUT2D eigenvalue weighted by molar-refractivity contribution is 0.146. The minimum absolute atomic E-state index is 0.265. The predicted octanol–water partition coefficient (Wildman–Crippen LogP) is 3.02. The van der Waals surface area contributed by atoms with Crippen molar-refractivity contribution in [1.82, 2.24) is 20.0 Å². The van der Waals surface area contributed by atoms with E-state index >= 15 is 0 Å². The molecule has 0 amide bonds. The minimum Gasteiger partial charge on any atom is -0.356 e. The largest absolute Gasteiger partial charge is 0.356 e. The van der Waals surface area contributed by atoms with E-state index in [-0.39, 0.29) is 11.5 Å². The molecule has 0 N–H and O–H groups in total. The second-order valence-electron chi connectivity index (χ2n) is 6.13. The molecule has 0 atom stereocenters. The summed E-state index contributed by atoms with van der Waals surface area (Å²) in [5.74, 6) is 0.152. The topological polar surface area (TPSA) is 58.3 Å². The van der Waals surface area contributed by atoms with Gasteiger partial charge in [0.25, 0.3) is 6.43 Å². The Balaban J connectivity index is 1.41. The van der Waals surface area contributed by atoms with Gasteiger partial charge in [-0.1, -0.05) is 5.16 Å². The van der Waals surface area contributed by atoms with E-state index in [0.29, 0.717) is 31.0 Å². The van der Waals surface area contributed by atoms with Crippen LogP contribution in [-0.4, -0.2) is 46.2 Å². The Kier molecular flexibility index (Phi) is 4.46. The van der Waals surface area contributed by atoms with Crippen molar-refractivity contribution in [3.05, 3.63) is 47.8 Å². The summed E-state index contributed by atoms with van der Waals surface area (Å²) in [7, 11) is 0. The van der Waals surface area contributed by atoms with E-state index in [1.165, 1.54) is 24.5 Å². The van der Waals surface area contributed by atoms with Gasteiger partial charge in [0.05, 0.1) is 0 Å². The molecule has 1 aliphatic rings. The van der Waals surface area contributed by atoms with E-state index in [2.05, 4.69) is 20.0 Å². The Morgan fingerprint density at radius 3 is 2.65 bits per heavy atom. The molecule has 0 bridgehead atoms. The van der Waals surface area contributed by atoms with E-state index < -0.39 is 6.43 Å². The van der Waals surface area contributed by atoms with Crippen molar-refractivity contribution in [2.24, 2.45) is 0 Å². The molecule has 6 nitrogen and oxygen atoms in total. The van der Waals surface area contributed by atoms with Crippen LogP contribution in [0.15, 0.2) is 35.1 Å². The Bertz CT molecular complexity index is 908. The van der Waals surface area contributed by atoms with Gasteiger partial charge in [0.15, 0.2) is 5.58 Å². The highest BCUT2D eigenvalue weighted by Gasteiger charge is 2.21. The van der Waals surface area contributed by atoms with Crippen LogP contribution in [0.25, 0.3) is 11.0 Å². The number of benzene rings is 1. The highest BCUT2D eigenvalue weighted by Crippen LogP contribution is 2.23. The number of nitrogens with zero attached hydrogens (tertiary/aromatic N) is 5. The molecular formula is C17H16F3N5O. The van der Waals surface area contributed by atoms with Crippen LogP contribution in [0.3, 0.4) is 0 Å². The maximum atomic E-state index is 13.2. The van der Waals surface area contributed by atoms with Crippen LogP contribution in [-0.2, 0) is 6.54 Å². The quantitative estimate of drug-likeness (QED) is 0.710. The van der Waals surface area contributed by atoms with E-state index in [1.807, 2.05) is 4.90 Å². The molecule has 1 aliphatic heterocycles. The second kappa shape index (κ2) is 6.91. The standard InChI is InChI=1S/C17H16F3N5O/c18-11-1-2-12-14(23-26-15(12)7-11)9-24-3-5-25(6-4-24)16-8-13(17(19)20)21-10-22-16/h1-2,7-8,10,17H,3-6,9H2. The molecule has 1 fully saturated rings. The molecular weight excluding hydrogens is 347 g/mol. The lowest BCUT2D eigenvalue weighted by Crippen LogP contribution is -2.46. The zero-order valence-corrected chi connectivity index (χ0v) is 13.8. The third kappa shape index (κ3) is 3.34. The van der Waals surface area contributed by atoms with Crippen LogP contribution in [0.1, 0.15) is 17.8 Å². The van der Waals surface area contributed by atoms with Crippen LogP contribution in [0.5, 0.6) is 0 Å². The van der Waals surface area contributed by atoms with Crippen LogP contribution in [0.2, 0.25) is 0 Å². The fourth-order valence-corrected chi connectivity index (χ4v) is 3.08. The molecule has 26 heavy (non-hydrogen) atoms. The molecule has 0 radical (unpaired) electrons. The molecule has 1 saturated heterocycles. The molecule has 9 heteroatoms. The van der Waals surface area contributed by atoms with Gasteiger partial charge in [-0.2, -0.15) is 0 Å². The number of hydrogen-bond donors (Lipinski definition) is 0. The van der Waals surface area contributed by atoms with E-state index in [4.69, 9.17) is 4.52 Å².